The van der Waals surface area contributed by atoms with Gasteiger partial charge in [-0.15, -0.1) is 0 Å². The number of amides is 2. The van der Waals surface area contributed by atoms with Gasteiger partial charge in [-0.1, -0.05) is 26.0 Å². The van der Waals surface area contributed by atoms with Crippen LogP contribution in [0.4, 0.5) is 4.79 Å². The Kier molecular flexibility index (Phi) is 4.88. The third kappa shape index (κ3) is 3.89. The minimum absolute atomic E-state index is 0.0582. The summed E-state index contributed by atoms with van der Waals surface area (Å²) >= 11 is 0. The van der Waals surface area contributed by atoms with Gasteiger partial charge in [0.2, 0.25) is 0 Å². The van der Waals surface area contributed by atoms with Crippen molar-refractivity contribution in [3.05, 3.63) is 29.8 Å². The third-order valence-corrected chi connectivity index (χ3v) is 3.81. The van der Waals surface area contributed by atoms with Crippen LogP contribution in [-0.2, 0) is 0 Å². The second-order valence-electron chi connectivity index (χ2n) is 5.93. The highest BCUT2D eigenvalue weighted by molar-refractivity contribution is 5.74. The SMILES string of the molecule is CC(C)CNC(=O)N1CCC(c2ccc(O)cc2)CC1. The standard InChI is InChI=1S/C16H24N2O2/c1-12(2)11-17-16(20)18-9-7-14(8-10-18)13-3-5-15(19)6-4-13/h3-6,12,14,19H,7-11H2,1-2H3,(H,17,20). The molecule has 1 aromatic rings. The first kappa shape index (κ1) is 14.7. The number of phenolic OH excluding ortho intramolecular Hbond substituents is 1. The van der Waals surface area contributed by atoms with Crippen LogP contribution in [0.2, 0.25) is 0 Å². The van der Waals surface area contributed by atoms with Crippen LogP contribution in [-0.4, -0.2) is 35.7 Å². The maximum Gasteiger partial charge on any atom is 0.317 e. The highest BCUT2D eigenvalue weighted by Gasteiger charge is 2.23. The first-order chi connectivity index (χ1) is 9.56. The molecule has 4 heteroatoms. The Hall–Kier alpha value is -1.71. The van der Waals surface area contributed by atoms with Crippen LogP contribution in [0.25, 0.3) is 0 Å². The lowest BCUT2D eigenvalue weighted by Crippen LogP contribution is -2.45. The molecule has 1 aliphatic rings. The molecule has 0 aromatic heterocycles. The average Bonchev–Trinajstić information content (AvgIpc) is 2.46. The van der Waals surface area contributed by atoms with E-state index in [0.29, 0.717) is 17.6 Å². The number of nitrogens with zero attached hydrogens (tertiary/aromatic N) is 1. The molecule has 110 valence electrons. The molecule has 0 bridgehead atoms. The van der Waals surface area contributed by atoms with Crippen molar-refractivity contribution in [1.29, 1.82) is 0 Å². The molecule has 0 aliphatic carbocycles. The summed E-state index contributed by atoms with van der Waals surface area (Å²) < 4.78 is 0. The quantitative estimate of drug-likeness (QED) is 0.892. The van der Waals surface area contributed by atoms with E-state index in [4.69, 9.17) is 0 Å². The van der Waals surface area contributed by atoms with E-state index >= 15 is 0 Å². The number of phenols is 1. The number of hydrogen-bond donors (Lipinski definition) is 2. The maximum absolute atomic E-state index is 12.0. The molecular formula is C16H24N2O2. The maximum atomic E-state index is 12.0. The van der Waals surface area contributed by atoms with E-state index in [1.807, 2.05) is 17.0 Å². The van der Waals surface area contributed by atoms with Crippen molar-refractivity contribution >= 4 is 6.03 Å². The first-order valence-electron chi connectivity index (χ1n) is 7.38. The Morgan fingerprint density at radius 2 is 1.90 bits per heavy atom. The molecule has 0 unspecified atom stereocenters. The molecule has 1 aliphatic heterocycles. The van der Waals surface area contributed by atoms with Gasteiger partial charge in [-0.2, -0.15) is 0 Å². The summed E-state index contributed by atoms with van der Waals surface area (Å²) in [6.07, 6.45) is 1.97. The molecule has 4 nitrogen and oxygen atoms in total. The Morgan fingerprint density at radius 1 is 1.30 bits per heavy atom. The number of urea groups is 1. The number of benzene rings is 1. The van der Waals surface area contributed by atoms with Crippen LogP contribution in [0.15, 0.2) is 24.3 Å². The molecule has 1 fully saturated rings. The number of rotatable bonds is 3. The summed E-state index contributed by atoms with van der Waals surface area (Å²) in [6.45, 7) is 6.52. The number of piperidine rings is 1. The number of carbonyl (C=O) groups is 1. The lowest BCUT2D eigenvalue weighted by atomic mass is 9.89. The number of carbonyl (C=O) groups excluding carboxylic acids is 1. The van der Waals surface area contributed by atoms with Gasteiger partial charge in [-0.3, -0.25) is 0 Å². The van der Waals surface area contributed by atoms with Gasteiger partial charge < -0.3 is 15.3 Å². The fourth-order valence-corrected chi connectivity index (χ4v) is 2.57. The summed E-state index contributed by atoms with van der Waals surface area (Å²) in [5.74, 6) is 1.28. The Bertz CT molecular complexity index is 434. The number of nitrogens with one attached hydrogen (secondary N) is 1. The summed E-state index contributed by atoms with van der Waals surface area (Å²) in [5.41, 5.74) is 1.25. The smallest absolute Gasteiger partial charge is 0.317 e. The lowest BCUT2D eigenvalue weighted by Gasteiger charge is -2.32. The second-order valence-corrected chi connectivity index (χ2v) is 5.93. The zero-order valence-electron chi connectivity index (χ0n) is 12.3. The molecule has 0 saturated carbocycles. The van der Waals surface area contributed by atoms with E-state index in [0.717, 1.165) is 32.5 Å². The molecule has 1 heterocycles. The van der Waals surface area contributed by atoms with Gasteiger partial charge in [0.05, 0.1) is 0 Å². The molecule has 1 aromatic carbocycles. The lowest BCUT2D eigenvalue weighted by molar-refractivity contribution is 0.180. The van der Waals surface area contributed by atoms with Crippen molar-refractivity contribution in [2.45, 2.75) is 32.6 Å². The number of hydrogen-bond acceptors (Lipinski definition) is 2. The van der Waals surface area contributed by atoms with E-state index in [2.05, 4.69) is 19.2 Å². The van der Waals surface area contributed by atoms with Crippen LogP contribution in [0.5, 0.6) is 5.75 Å². The van der Waals surface area contributed by atoms with Crippen LogP contribution >= 0.6 is 0 Å². The highest BCUT2D eigenvalue weighted by Crippen LogP contribution is 2.28. The molecular weight excluding hydrogens is 252 g/mol. The van der Waals surface area contributed by atoms with Crippen molar-refractivity contribution in [2.75, 3.05) is 19.6 Å². The molecule has 0 spiro atoms. The summed E-state index contributed by atoms with van der Waals surface area (Å²) in [4.78, 5) is 13.9. The van der Waals surface area contributed by atoms with Crippen molar-refractivity contribution in [1.82, 2.24) is 10.2 Å². The summed E-state index contributed by atoms with van der Waals surface area (Å²) in [6, 6.07) is 7.49. The fraction of sp³-hybridized carbons (Fsp3) is 0.562. The average molecular weight is 276 g/mol. The topological polar surface area (TPSA) is 52.6 Å². The first-order valence-corrected chi connectivity index (χ1v) is 7.38. The van der Waals surface area contributed by atoms with E-state index in [1.165, 1.54) is 5.56 Å². The van der Waals surface area contributed by atoms with E-state index in [1.54, 1.807) is 12.1 Å². The molecule has 2 N–H and O–H groups in total. The molecule has 1 saturated heterocycles. The minimum Gasteiger partial charge on any atom is -0.508 e. The third-order valence-electron chi connectivity index (χ3n) is 3.81. The zero-order chi connectivity index (χ0) is 14.5. The van der Waals surface area contributed by atoms with Gasteiger partial charge in [0, 0.05) is 19.6 Å². The summed E-state index contributed by atoms with van der Waals surface area (Å²) in [7, 11) is 0. The highest BCUT2D eigenvalue weighted by atomic mass is 16.3. The fourth-order valence-electron chi connectivity index (χ4n) is 2.57. The van der Waals surface area contributed by atoms with Gasteiger partial charge >= 0.3 is 6.03 Å². The number of likely N-dealkylation sites (tertiary alicyclic amines) is 1. The molecule has 2 rings (SSSR count). The second kappa shape index (κ2) is 6.64. The molecule has 0 radical (unpaired) electrons. The van der Waals surface area contributed by atoms with E-state index in [-0.39, 0.29) is 6.03 Å². The van der Waals surface area contributed by atoms with Crippen molar-refractivity contribution < 1.29 is 9.90 Å². The van der Waals surface area contributed by atoms with Crippen LogP contribution in [0, 0.1) is 5.92 Å². The largest absolute Gasteiger partial charge is 0.508 e. The predicted octanol–water partition coefficient (Wildman–Crippen LogP) is 2.94. The van der Waals surface area contributed by atoms with Crippen LogP contribution in [0.1, 0.15) is 38.2 Å². The monoisotopic (exact) mass is 276 g/mol. The van der Waals surface area contributed by atoms with Crippen LogP contribution in [0.3, 0.4) is 0 Å². The Balaban J connectivity index is 1.83. The normalized spacial score (nSPS) is 16.4. The Morgan fingerprint density at radius 3 is 2.45 bits per heavy atom. The van der Waals surface area contributed by atoms with Gasteiger partial charge in [0.15, 0.2) is 0 Å². The predicted molar refractivity (Wildman–Crippen MR) is 79.9 cm³/mol. The van der Waals surface area contributed by atoms with Gasteiger partial charge in [0.1, 0.15) is 5.75 Å². The summed E-state index contributed by atoms with van der Waals surface area (Å²) in [5, 5.41) is 12.3. The van der Waals surface area contributed by atoms with Crippen molar-refractivity contribution in [2.24, 2.45) is 5.92 Å². The van der Waals surface area contributed by atoms with E-state index in [9.17, 15) is 9.90 Å². The van der Waals surface area contributed by atoms with Crippen molar-refractivity contribution in [3.63, 3.8) is 0 Å². The molecule has 0 atom stereocenters. The minimum atomic E-state index is 0.0582. The number of aromatic hydroxyl groups is 1. The van der Waals surface area contributed by atoms with Gasteiger partial charge in [-0.05, 0) is 42.4 Å². The Labute approximate surface area is 120 Å². The molecule has 20 heavy (non-hydrogen) atoms. The van der Waals surface area contributed by atoms with Crippen LogP contribution < -0.4 is 5.32 Å². The van der Waals surface area contributed by atoms with Gasteiger partial charge in [0.25, 0.3) is 0 Å². The van der Waals surface area contributed by atoms with E-state index < -0.39 is 0 Å². The van der Waals surface area contributed by atoms with Gasteiger partial charge in [-0.25, -0.2) is 4.79 Å². The molecule has 2 amide bonds. The zero-order valence-corrected chi connectivity index (χ0v) is 12.3. The van der Waals surface area contributed by atoms with Crippen molar-refractivity contribution in [3.8, 4) is 5.75 Å².